The molecule has 1 atom stereocenters. The molecule has 2 rings (SSSR count). The van der Waals surface area contributed by atoms with E-state index in [2.05, 4.69) is 0 Å². The van der Waals surface area contributed by atoms with Crippen LogP contribution < -0.4 is 4.74 Å². The molecule has 1 amide bonds. The molecule has 0 unspecified atom stereocenters. The van der Waals surface area contributed by atoms with Crippen molar-refractivity contribution in [3.63, 3.8) is 0 Å². The minimum absolute atomic E-state index is 0.00169. The summed E-state index contributed by atoms with van der Waals surface area (Å²) in [5.74, 6) is 0.598. The van der Waals surface area contributed by atoms with Crippen LogP contribution in [-0.4, -0.2) is 56.5 Å². The van der Waals surface area contributed by atoms with Crippen LogP contribution in [0.2, 0.25) is 0 Å². The Morgan fingerprint density at radius 3 is 2.58 bits per heavy atom. The zero-order valence-electron chi connectivity index (χ0n) is 14.6. The molecule has 0 bridgehead atoms. The molecule has 1 fully saturated rings. The molecule has 1 saturated heterocycles. The summed E-state index contributed by atoms with van der Waals surface area (Å²) in [4.78, 5) is 14.3. The maximum Gasteiger partial charge on any atom is 0.227 e. The molecule has 1 aliphatic rings. The van der Waals surface area contributed by atoms with Gasteiger partial charge in [-0.15, -0.1) is 0 Å². The fourth-order valence-electron chi connectivity index (χ4n) is 2.97. The van der Waals surface area contributed by atoms with Crippen molar-refractivity contribution >= 4 is 15.9 Å². The molecule has 0 saturated carbocycles. The van der Waals surface area contributed by atoms with Crippen LogP contribution in [0.4, 0.5) is 0 Å². The smallest absolute Gasteiger partial charge is 0.227 e. The third kappa shape index (κ3) is 4.48. The highest BCUT2D eigenvalue weighted by atomic mass is 32.2. The average Bonchev–Trinajstić information content (AvgIpc) is 2.61. The Labute approximate surface area is 144 Å². The van der Waals surface area contributed by atoms with Crippen molar-refractivity contribution in [1.29, 1.82) is 0 Å². The molecule has 0 aromatic heterocycles. The van der Waals surface area contributed by atoms with E-state index in [1.807, 2.05) is 24.3 Å². The molecular formula is C17H26N2O4S. The largest absolute Gasteiger partial charge is 0.497 e. The van der Waals surface area contributed by atoms with E-state index in [1.54, 1.807) is 26.0 Å². The third-order valence-corrected chi connectivity index (χ3v) is 6.29. The van der Waals surface area contributed by atoms with Gasteiger partial charge in [0.05, 0.1) is 18.8 Å². The van der Waals surface area contributed by atoms with Crippen molar-refractivity contribution in [2.45, 2.75) is 26.3 Å². The average molecular weight is 354 g/mol. The Bertz CT molecular complexity index is 658. The Morgan fingerprint density at radius 1 is 1.33 bits per heavy atom. The van der Waals surface area contributed by atoms with E-state index >= 15 is 0 Å². The number of ether oxygens (including phenoxy) is 1. The Morgan fingerprint density at radius 2 is 2.00 bits per heavy atom. The first kappa shape index (κ1) is 18.7. The van der Waals surface area contributed by atoms with Crippen molar-refractivity contribution in [3.8, 4) is 5.75 Å². The minimum atomic E-state index is -3.23. The Kier molecular flexibility index (Phi) is 6.23. The van der Waals surface area contributed by atoms with E-state index in [-0.39, 0.29) is 17.6 Å². The predicted molar refractivity (Wildman–Crippen MR) is 93.2 cm³/mol. The van der Waals surface area contributed by atoms with Gasteiger partial charge in [0.2, 0.25) is 15.9 Å². The van der Waals surface area contributed by atoms with Gasteiger partial charge in [-0.05, 0) is 37.5 Å². The van der Waals surface area contributed by atoms with Gasteiger partial charge in [0.15, 0.2) is 0 Å². The molecule has 1 heterocycles. The van der Waals surface area contributed by atoms with Gasteiger partial charge in [0, 0.05) is 26.7 Å². The number of piperidine rings is 1. The molecule has 0 radical (unpaired) electrons. The SMILES string of the molecule is CCS(=O)(=O)N1CCC[C@@H](C(=O)N(C)Cc2ccc(OC)cc2)C1. The first-order chi connectivity index (χ1) is 11.4. The first-order valence-electron chi connectivity index (χ1n) is 8.23. The molecule has 6 nitrogen and oxygen atoms in total. The van der Waals surface area contributed by atoms with Crippen LogP contribution in [-0.2, 0) is 21.4 Å². The van der Waals surface area contributed by atoms with Crippen molar-refractivity contribution in [1.82, 2.24) is 9.21 Å². The van der Waals surface area contributed by atoms with Crippen LogP contribution >= 0.6 is 0 Å². The van der Waals surface area contributed by atoms with Gasteiger partial charge in [-0.3, -0.25) is 4.79 Å². The number of sulfonamides is 1. The lowest BCUT2D eigenvalue weighted by molar-refractivity contribution is -0.135. The molecular weight excluding hydrogens is 328 g/mol. The predicted octanol–water partition coefficient (Wildman–Crippen LogP) is 1.72. The van der Waals surface area contributed by atoms with E-state index in [0.717, 1.165) is 24.2 Å². The molecule has 1 aromatic rings. The number of methoxy groups -OCH3 is 1. The van der Waals surface area contributed by atoms with Crippen LogP contribution in [0.1, 0.15) is 25.3 Å². The molecule has 134 valence electrons. The molecule has 0 aliphatic carbocycles. The summed E-state index contributed by atoms with van der Waals surface area (Å²) in [7, 11) is 0.147. The molecule has 1 aromatic carbocycles. The second-order valence-electron chi connectivity index (χ2n) is 6.14. The molecule has 1 aliphatic heterocycles. The molecule has 7 heteroatoms. The van der Waals surface area contributed by atoms with Crippen molar-refractivity contribution in [2.75, 3.05) is 33.0 Å². The zero-order chi connectivity index (χ0) is 17.7. The normalized spacial score (nSPS) is 19.0. The maximum atomic E-state index is 12.7. The van der Waals surface area contributed by atoms with Crippen LogP contribution in [0.3, 0.4) is 0 Å². The van der Waals surface area contributed by atoms with Gasteiger partial charge in [-0.25, -0.2) is 12.7 Å². The summed E-state index contributed by atoms with van der Waals surface area (Å²) < 4.78 is 30.7. The number of nitrogens with zero attached hydrogens (tertiary/aromatic N) is 2. The monoisotopic (exact) mass is 354 g/mol. The Hall–Kier alpha value is -1.60. The fraction of sp³-hybridized carbons (Fsp3) is 0.588. The molecule has 0 spiro atoms. The highest BCUT2D eigenvalue weighted by molar-refractivity contribution is 7.89. The summed E-state index contributed by atoms with van der Waals surface area (Å²) >= 11 is 0. The lowest BCUT2D eigenvalue weighted by Gasteiger charge is -2.33. The van der Waals surface area contributed by atoms with E-state index in [9.17, 15) is 13.2 Å². The first-order valence-corrected chi connectivity index (χ1v) is 9.84. The summed E-state index contributed by atoms with van der Waals surface area (Å²) in [6.45, 7) is 2.94. The minimum Gasteiger partial charge on any atom is -0.497 e. The van der Waals surface area contributed by atoms with Crippen LogP contribution in [0.5, 0.6) is 5.75 Å². The fourth-order valence-corrected chi connectivity index (χ4v) is 4.15. The lowest BCUT2D eigenvalue weighted by Crippen LogP contribution is -2.46. The van der Waals surface area contributed by atoms with E-state index < -0.39 is 10.0 Å². The summed E-state index contributed by atoms with van der Waals surface area (Å²) in [5.41, 5.74) is 1.01. The number of carbonyl (C=O) groups excluding carboxylic acids is 1. The van der Waals surface area contributed by atoms with Gasteiger partial charge < -0.3 is 9.64 Å². The second kappa shape index (κ2) is 7.98. The van der Waals surface area contributed by atoms with Crippen LogP contribution in [0, 0.1) is 5.92 Å². The molecule has 0 N–H and O–H groups in total. The van der Waals surface area contributed by atoms with Crippen molar-refractivity contribution < 1.29 is 17.9 Å². The van der Waals surface area contributed by atoms with Gasteiger partial charge >= 0.3 is 0 Å². The van der Waals surface area contributed by atoms with Gasteiger partial charge in [-0.2, -0.15) is 0 Å². The third-order valence-electron chi connectivity index (χ3n) is 4.45. The summed E-state index contributed by atoms with van der Waals surface area (Å²) in [6.07, 6.45) is 1.47. The number of rotatable bonds is 6. The standard InChI is InChI=1S/C17H26N2O4S/c1-4-24(21,22)19-11-5-6-15(13-19)17(20)18(2)12-14-7-9-16(23-3)10-8-14/h7-10,15H,4-6,11-13H2,1-3H3/t15-/m1/s1. The van der Waals surface area contributed by atoms with Crippen LogP contribution in [0.15, 0.2) is 24.3 Å². The number of carbonyl (C=O) groups is 1. The molecule has 24 heavy (non-hydrogen) atoms. The second-order valence-corrected chi connectivity index (χ2v) is 8.40. The van der Waals surface area contributed by atoms with Crippen LogP contribution in [0.25, 0.3) is 0 Å². The van der Waals surface area contributed by atoms with E-state index in [1.165, 1.54) is 4.31 Å². The Balaban J connectivity index is 1.99. The maximum absolute atomic E-state index is 12.7. The number of hydrogen-bond donors (Lipinski definition) is 0. The van der Waals surface area contributed by atoms with Crippen molar-refractivity contribution in [2.24, 2.45) is 5.92 Å². The van der Waals surface area contributed by atoms with Gasteiger partial charge in [0.25, 0.3) is 0 Å². The zero-order valence-corrected chi connectivity index (χ0v) is 15.4. The van der Waals surface area contributed by atoms with Crippen molar-refractivity contribution in [3.05, 3.63) is 29.8 Å². The highest BCUT2D eigenvalue weighted by Gasteiger charge is 2.32. The van der Waals surface area contributed by atoms with Gasteiger partial charge in [0.1, 0.15) is 5.75 Å². The van der Waals surface area contributed by atoms with E-state index in [0.29, 0.717) is 19.6 Å². The quantitative estimate of drug-likeness (QED) is 0.780. The topological polar surface area (TPSA) is 66.9 Å². The summed E-state index contributed by atoms with van der Waals surface area (Å²) in [6, 6.07) is 7.59. The number of amides is 1. The van der Waals surface area contributed by atoms with E-state index in [4.69, 9.17) is 4.74 Å². The summed E-state index contributed by atoms with van der Waals surface area (Å²) in [5, 5.41) is 0. The highest BCUT2D eigenvalue weighted by Crippen LogP contribution is 2.22. The lowest BCUT2D eigenvalue weighted by atomic mass is 9.98. The number of benzene rings is 1. The number of hydrogen-bond acceptors (Lipinski definition) is 4. The van der Waals surface area contributed by atoms with Gasteiger partial charge in [-0.1, -0.05) is 12.1 Å².